The maximum Gasteiger partial charge on any atom is 0.152 e. The van der Waals surface area contributed by atoms with Crippen LogP contribution < -0.4 is 16.1 Å². The summed E-state index contributed by atoms with van der Waals surface area (Å²) in [5.41, 5.74) is 3.61. The number of aromatic nitrogens is 4. The average Bonchev–Trinajstić information content (AvgIpc) is 3.13. The monoisotopic (exact) mass is 382 g/mol. The standard InChI is InChI=1S/C22H23BN6/c1-16(9-10-17-6-3-2-4-7-17)27-20-12-21(25-14-18-8-5-11-24-13-18)29-22(28-20)19(23)15-26-29/h2-8,11-13,15-16,25H,9-10,14H2,1H3,(H,27,28). The number of aryl methyl sites for hydroxylation is 1. The van der Waals surface area contributed by atoms with Gasteiger partial charge in [0.15, 0.2) is 5.65 Å². The number of nitrogens with zero attached hydrogens (tertiary/aromatic N) is 4. The summed E-state index contributed by atoms with van der Waals surface area (Å²) < 4.78 is 1.73. The summed E-state index contributed by atoms with van der Waals surface area (Å²) in [5.74, 6) is 1.60. The van der Waals surface area contributed by atoms with Crippen molar-refractivity contribution in [2.45, 2.75) is 32.4 Å². The molecule has 0 saturated carbocycles. The Bertz CT molecular complexity index is 1060. The van der Waals surface area contributed by atoms with E-state index < -0.39 is 0 Å². The van der Waals surface area contributed by atoms with Crippen molar-refractivity contribution in [3.8, 4) is 0 Å². The largest absolute Gasteiger partial charge is 0.367 e. The summed E-state index contributed by atoms with van der Waals surface area (Å²) in [6, 6.07) is 16.7. The zero-order valence-corrected chi connectivity index (χ0v) is 16.4. The number of anilines is 2. The van der Waals surface area contributed by atoms with Crippen LogP contribution in [0, 0.1) is 0 Å². The highest BCUT2D eigenvalue weighted by Gasteiger charge is 2.11. The molecule has 0 aliphatic rings. The fourth-order valence-corrected chi connectivity index (χ4v) is 3.23. The molecular formula is C22H23BN6. The van der Waals surface area contributed by atoms with Gasteiger partial charge in [0.2, 0.25) is 0 Å². The van der Waals surface area contributed by atoms with Gasteiger partial charge in [-0.2, -0.15) is 9.61 Å². The van der Waals surface area contributed by atoms with Gasteiger partial charge in [0.1, 0.15) is 19.5 Å². The van der Waals surface area contributed by atoms with Crippen LogP contribution in [0.2, 0.25) is 0 Å². The van der Waals surface area contributed by atoms with Crippen molar-refractivity contribution in [1.29, 1.82) is 0 Å². The molecule has 1 atom stereocenters. The molecule has 6 nitrogen and oxygen atoms in total. The van der Waals surface area contributed by atoms with Crippen molar-refractivity contribution in [3.63, 3.8) is 0 Å². The first kappa shape index (κ1) is 19.0. The lowest BCUT2D eigenvalue weighted by molar-refractivity contribution is 0.702. The van der Waals surface area contributed by atoms with E-state index in [2.05, 4.69) is 56.9 Å². The Labute approximate surface area is 171 Å². The Kier molecular flexibility index (Phi) is 5.75. The quantitative estimate of drug-likeness (QED) is 0.459. The third-order valence-electron chi connectivity index (χ3n) is 4.80. The van der Waals surface area contributed by atoms with Crippen molar-refractivity contribution in [3.05, 3.63) is 78.2 Å². The molecule has 1 aromatic carbocycles. The molecule has 3 aromatic heterocycles. The minimum atomic E-state index is 0.264. The fourth-order valence-electron chi connectivity index (χ4n) is 3.23. The molecule has 29 heavy (non-hydrogen) atoms. The van der Waals surface area contributed by atoms with E-state index in [0.29, 0.717) is 17.7 Å². The van der Waals surface area contributed by atoms with Crippen LogP contribution >= 0.6 is 0 Å². The Morgan fingerprint density at radius 3 is 2.69 bits per heavy atom. The molecule has 4 aromatic rings. The van der Waals surface area contributed by atoms with Gasteiger partial charge >= 0.3 is 0 Å². The lowest BCUT2D eigenvalue weighted by Crippen LogP contribution is -2.18. The van der Waals surface area contributed by atoms with Crippen LogP contribution in [0.3, 0.4) is 0 Å². The van der Waals surface area contributed by atoms with E-state index in [-0.39, 0.29) is 6.04 Å². The lowest BCUT2D eigenvalue weighted by atomic mass is 10.0. The number of nitrogens with one attached hydrogen (secondary N) is 2. The molecule has 0 aliphatic carbocycles. The van der Waals surface area contributed by atoms with E-state index in [0.717, 1.165) is 30.0 Å². The van der Waals surface area contributed by atoms with Crippen molar-refractivity contribution < 1.29 is 0 Å². The topological polar surface area (TPSA) is 67.1 Å². The van der Waals surface area contributed by atoms with Gasteiger partial charge in [-0.15, -0.1) is 0 Å². The van der Waals surface area contributed by atoms with Gasteiger partial charge < -0.3 is 10.6 Å². The molecule has 4 rings (SSSR count). The second-order valence-corrected chi connectivity index (χ2v) is 7.15. The van der Waals surface area contributed by atoms with Crippen LogP contribution in [0.15, 0.2) is 67.1 Å². The third kappa shape index (κ3) is 4.74. The Morgan fingerprint density at radius 2 is 1.90 bits per heavy atom. The highest BCUT2D eigenvalue weighted by Crippen LogP contribution is 2.17. The van der Waals surface area contributed by atoms with Crippen molar-refractivity contribution >= 4 is 30.6 Å². The number of rotatable bonds is 8. The SMILES string of the molecule is [B]c1cnn2c(NCc3cccnc3)cc(NC(C)CCc3ccccc3)nc12. The summed E-state index contributed by atoms with van der Waals surface area (Å²) >= 11 is 0. The van der Waals surface area contributed by atoms with Gasteiger partial charge in [-0.1, -0.05) is 36.4 Å². The van der Waals surface area contributed by atoms with Crippen LogP contribution in [-0.4, -0.2) is 33.5 Å². The predicted octanol–water partition coefficient (Wildman–Crippen LogP) is 2.96. The lowest BCUT2D eigenvalue weighted by Gasteiger charge is -2.17. The smallest absolute Gasteiger partial charge is 0.152 e. The summed E-state index contributed by atoms with van der Waals surface area (Å²) in [6.07, 6.45) is 7.25. The number of hydrogen-bond donors (Lipinski definition) is 2. The molecule has 0 spiro atoms. The highest BCUT2D eigenvalue weighted by molar-refractivity contribution is 6.36. The van der Waals surface area contributed by atoms with Crippen molar-refractivity contribution in [1.82, 2.24) is 19.6 Å². The molecule has 3 heterocycles. The molecule has 0 bridgehead atoms. The molecule has 1 unspecified atom stereocenters. The molecule has 0 aliphatic heterocycles. The first-order chi connectivity index (χ1) is 14.2. The molecule has 2 N–H and O–H groups in total. The summed E-state index contributed by atoms with van der Waals surface area (Å²) in [6.45, 7) is 2.80. The predicted molar refractivity (Wildman–Crippen MR) is 118 cm³/mol. The zero-order valence-electron chi connectivity index (χ0n) is 16.4. The van der Waals surface area contributed by atoms with Gasteiger partial charge in [0.25, 0.3) is 0 Å². The van der Waals surface area contributed by atoms with Gasteiger partial charge in [-0.05, 0) is 42.4 Å². The molecule has 2 radical (unpaired) electrons. The second-order valence-electron chi connectivity index (χ2n) is 7.15. The average molecular weight is 382 g/mol. The van der Waals surface area contributed by atoms with E-state index in [1.165, 1.54) is 5.56 Å². The highest BCUT2D eigenvalue weighted by atomic mass is 15.3. The molecule has 0 fully saturated rings. The molecule has 7 heteroatoms. The maximum atomic E-state index is 6.08. The molecule has 144 valence electrons. The van der Waals surface area contributed by atoms with Crippen LogP contribution in [0.1, 0.15) is 24.5 Å². The fraction of sp³-hybridized carbons (Fsp3) is 0.227. The number of fused-ring (bicyclic) bond motifs is 1. The molecule has 0 saturated heterocycles. The number of pyridine rings is 1. The molecule has 0 amide bonds. The Hall–Kier alpha value is -3.35. The van der Waals surface area contributed by atoms with Crippen LogP contribution in [-0.2, 0) is 13.0 Å². The van der Waals surface area contributed by atoms with Crippen molar-refractivity contribution in [2.24, 2.45) is 0 Å². The van der Waals surface area contributed by atoms with E-state index in [9.17, 15) is 0 Å². The third-order valence-corrected chi connectivity index (χ3v) is 4.80. The van der Waals surface area contributed by atoms with E-state index in [1.807, 2.05) is 30.5 Å². The first-order valence-corrected chi connectivity index (χ1v) is 9.76. The van der Waals surface area contributed by atoms with Gasteiger partial charge in [0, 0.05) is 37.2 Å². The van der Waals surface area contributed by atoms with Gasteiger partial charge in [-0.3, -0.25) is 4.98 Å². The van der Waals surface area contributed by atoms with E-state index >= 15 is 0 Å². The van der Waals surface area contributed by atoms with E-state index in [4.69, 9.17) is 7.85 Å². The minimum absolute atomic E-state index is 0.264. The summed E-state index contributed by atoms with van der Waals surface area (Å²) in [7, 11) is 6.08. The Balaban J connectivity index is 1.49. The summed E-state index contributed by atoms with van der Waals surface area (Å²) in [5, 5.41) is 11.3. The van der Waals surface area contributed by atoms with Crippen LogP contribution in [0.5, 0.6) is 0 Å². The first-order valence-electron chi connectivity index (χ1n) is 9.76. The van der Waals surface area contributed by atoms with Crippen molar-refractivity contribution in [2.75, 3.05) is 10.6 Å². The van der Waals surface area contributed by atoms with Crippen LogP contribution in [0.4, 0.5) is 11.6 Å². The molecular weight excluding hydrogens is 359 g/mol. The zero-order chi connectivity index (χ0) is 20.1. The second kappa shape index (κ2) is 8.77. The summed E-state index contributed by atoms with van der Waals surface area (Å²) in [4.78, 5) is 8.82. The Morgan fingerprint density at radius 1 is 1.07 bits per heavy atom. The number of benzene rings is 1. The normalized spacial score (nSPS) is 12.0. The van der Waals surface area contributed by atoms with E-state index in [1.54, 1.807) is 16.9 Å². The van der Waals surface area contributed by atoms with Gasteiger partial charge in [-0.25, -0.2) is 4.98 Å². The number of hydrogen-bond acceptors (Lipinski definition) is 5. The minimum Gasteiger partial charge on any atom is -0.367 e. The van der Waals surface area contributed by atoms with Crippen LogP contribution in [0.25, 0.3) is 5.65 Å². The van der Waals surface area contributed by atoms with Gasteiger partial charge in [0.05, 0.1) is 0 Å². The maximum absolute atomic E-state index is 6.08.